The highest BCUT2D eigenvalue weighted by Gasteiger charge is 2.36. The van der Waals surface area contributed by atoms with Gasteiger partial charge in [0.2, 0.25) is 11.8 Å². The van der Waals surface area contributed by atoms with Crippen molar-refractivity contribution < 1.29 is 35.9 Å². The summed E-state index contributed by atoms with van der Waals surface area (Å²) in [5.41, 5.74) is -0.0950. The molecule has 0 saturated heterocycles. The maximum absolute atomic E-state index is 14.5. The van der Waals surface area contributed by atoms with Gasteiger partial charge in [0.1, 0.15) is 18.3 Å². The molecule has 12 heteroatoms. The largest absolute Gasteiger partial charge is 0.497 e. The molecule has 0 heterocycles. The van der Waals surface area contributed by atoms with E-state index in [1.54, 1.807) is 42.5 Å². The average molecular weight is 682 g/mol. The van der Waals surface area contributed by atoms with E-state index in [0.29, 0.717) is 28.2 Å². The second kappa shape index (κ2) is 15.8. The Bertz CT molecular complexity index is 1790. The van der Waals surface area contributed by atoms with E-state index in [1.807, 2.05) is 32.0 Å². The molecule has 8 nitrogen and oxygen atoms in total. The van der Waals surface area contributed by atoms with Crippen LogP contribution in [0, 0.1) is 5.92 Å². The van der Waals surface area contributed by atoms with Gasteiger partial charge in [0, 0.05) is 19.5 Å². The highest BCUT2D eigenvalue weighted by Crippen LogP contribution is 2.33. The van der Waals surface area contributed by atoms with Gasteiger partial charge < -0.3 is 15.0 Å². The molecule has 0 spiro atoms. The average Bonchev–Trinajstić information content (AvgIpc) is 3.08. The number of amides is 2. The molecule has 48 heavy (non-hydrogen) atoms. The molecular formula is C36H38F3N3O5S. The number of sulfonamides is 1. The molecule has 4 aromatic rings. The zero-order valence-electron chi connectivity index (χ0n) is 26.9. The lowest BCUT2D eigenvalue weighted by atomic mass is 10.0. The minimum atomic E-state index is -4.77. The summed E-state index contributed by atoms with van der Waals surface area (Å²) in [6.45, 7) is 3.17. The third-order valence-corrected chi connectivity index (χ3v) is 9.30. The highest BCUT2D eigenvalue weighted by atomic mass is 32.2. The summed E-state index contributed by atoms with van der Waals surface area (Å²) < 4.78 is 75.4. The summed E-state index contributed by atoms with van der Waals surface area (Å²) in [5, 5.41) is 2.90. The van der Waals surface area contributed by atoms with Crippen LogP contribution in [-0.2, 0) is 38.8 Å². The Morgan fingerprint density at radius 2 is 1.46 bits per heavy atom. The molecule has 0 aromatic heterocycles. The first-order chi connectivity index (χ1) is 22.8. The first-order valence-electron chi connectivity index (χ1n) is 15.3. The van der Waals surface area contributed by atoms with E-state index in [2.05, 4.69) is 5.32 Å². The van der Waals surface area contributed by atoms with Gasteiger partial charge in [-0.05, 0) is 59.5 Å². The van der Waals surface area contributed by atoms with Crippen LogP contribution in [0.15, 0.2) is 114 Å². The monoisotopic (exact) mass is 681 g/mol. The summed E-state index contributed by atoms with van der Waals surface area (Å²) in [7, 11) is -3.07. The lowest BCUT2D eigenvalue weighted by molar-refractivity contribution is -0.140. The highest BCUT2D eigenvalue weighted by molar-refractivity contribution is 7.92. The van der Waals surface area contributed by atoms with Gasteiger partial charge in [-0.15, -0.1) is 0 Å². The third kappa shape index (κ3) is 9.37. The van der Waals surface area contributed by atoms with Crippen LogP contribution in [-0.4, -0.2) is 51.4 Å². The minimum Gasteiger partial charge on any atom is -0.497 e. The van der Waals surface area contributed by atoms with E-state index in [1.165, 1.54) is 42.3 Å². The molecule has 0 bridgehead atoms. The van der Waals surface area contributed by atoms with Gasteiger partial charge in [-0.1, -0.05) is 80.6 Å². The molecular weight excluding hydrogens is 643 g/mol. The van der Waals surface area contributed by atoms with Crippen molar-refractivity contribution in [1.82, 2.24) is 10.2 Å². The summed E-state index contributed by atoms with van der Waals surface area (Å²) in [6.07, 6.45) is -4.68. The molecule has 1 atom stereocenters. The number of carbonyl (C=O) groups is 2. The zero-order valence-corrected chi connectivity index (χ0v) is 27.7. The Morgan fingerprint density at radius 1 is 0.833 bits per heavy atom. The van der Waals surface area contributed by atoms with E-state index in [-0.39, 0.29) is 29.5 Å². The number of hydrogen-bond donors (Lipinski definition) is 1. The second-order valence-electron chi connectivity index (χ2n) is 11.6. The number of methoxy groups -OCH3 is 1. The first kappa shape index (κ1) is 36.0. The number of nitrogens with one attached hydrogen (secondary N) is 1. The Kier molecular flexibility index (Phi) is 11.9. The second-order valence-corrected chi connectivity index (χ2v) is 13.5. The van der Waals surface area contributed by atoms with Gasteiger partial charge in [0.15, 0.2) is 0 Å². The van der Waals surface area contributed by atoms with Crippen molar-refractivity contribution in [3.63, 3.8) is 0 Å². The summed E-state index contributed by atoms with van der Waals surface area (Å²) >= 11 is 0. The lowest BCUT2D eigenvalue weighted by Crippen LogP contribution is -2.53. The number of nitrogens with zero attached hydrogens (tertiary/aromatic N) is 2. The number of ether oxygens (including phenoxy) is 1. The fourth-order valence-corrected chi connectivity index (χ4v) is 6.46. The van der Waals surface area contributed by atoms with Crippen molar-refractivity contribution in [1.29, 1.82) is 0 Å². The Hall–Kier alpha value is -4.84. The quantitative estimate of drug-likeness (QED) is 0.168. The van der Waals surface area contributed by atoms with Crippen molar-refractivity contribution in [2.45, 2.75) is 43.9 Å². The van der Waals surface area contributed by atoms with Gasteiger partial charge >= 0.3 is 6.18 Å². The van der Waals surface area contributed by atoms with Crippen LogP contribution in [0.3, 0.4) is 0 Å². The molecule has 0 saturated carbocycles. The molecule has 4 aromatic carbocycles. The predicted molar refractivity (Wildman–Crippen MR) is 178 cm³/mol. The van der Waals surface area contributed by atoms with Crippen LogP contribution >= 0.6 is 0 Å². The number of anilines is 1. The molecule has 0 aliphatic heterocycles. The summed E-state index contributed by atoms with van der Waals surface area (Å²) in [6, 6.07) is 25.7. The van der Waals surface area contributed by atoms with Gasteiger partial charge in [0.25, 0.3) is 10.0 Å². The molecule has 254 valence electrons. The molecule has 0 unspecified atom stereocenters. The van der Waals surface area contributed by atoms with E-state index < -0.39 is 46.2 Å². The number of hydrogen-bond acceptors (Lipinski definition) is 5. The van der Waals surface area contributed by atoms with Crippen molar-refractivity contribution in [2.75, 3.05) is 24.5 Å². The van der Waals surface area contributed by atoms with Crippen LogP contribution in [0.4, 0.5) is 18.9 Å². The molecule has 2 amide bonds. The number of benzene rings is 4. The van der Waals surface area contributed by atoms with Crippen LogP contribution in [0.1, 0.15) is 30.5 Å². The van der Waals surface area contributed by atoms with E-state index in [9.17, 15) is 31.2 Å². The summed E-state index contributed by atoms with van der Waals surface area (Å²) in [4.78, 5) is 29.4. The van der Waals surface area contributed by atoms with Crippen LogP contribution in [0.5, 0.6) is 5.75 Å². The number of carbonyl (C=O) groups excluding carboxylic acids is 2. The van der Waals surface area contributed by atoms with Gasteiger partial charge in [-0.2, -0.15) is 13.2 Å². The van der Waals surface area contributed by atoms with Crippen LogP contribution in [0.25, 0.3) is 0 Å². The molecule has 4 rings (SSSR count). The Balaban J connectivity index is 1.84. The topological polar surface area (TPSA) is 96.0 Å². The minimum absolute atomic E-state index is 0.0927. The molecule has 0 aliphatic carbocycles. The number of alkyl halides is 3. The fraction of sp³-hybridized carbons (Fsp3) is 0.278. The van der Waals surface area contributed by atoms with Crippen LogP contribution in [0.2, 0.25) is 0 Å². The molecule has 0 radical (unpaired) electrons. The van der Waals surface area contributed by atoms with E-state index >= 15 is 0 Å². The molecule has 0 fully saturated rings. The van der Waals surface area contributed by atoms with Gasteiger partial charge in [0.05, 0.1) is 23.3 Å². The maximum Gasteiger partial charge on any atom is 0.416 e. The smallest absolute Gasteiger partial charge is 0.416 e. The first-order valence-corrected chi connectivity index (χ1v) is 16.7. The standard InChI is InChI=1S/C36H38F3N3O5S/c1-26(2)23-40-35(44)33(21-27-12-6-4-7-13-27)41(24-28-14-10-17-31(20-28)47-3)34(43)25-42(48(45,46)32-18-8-5-9-19-32)30-16-11-15-29(22-30)36(37,38)39/h4-20,22,26,33H,21,23-25H2,1-3H3,(H,40,44)/t33-/m0/s1. The Labute approximate surface area is 279 Å². The van der Waals surface area contributed by atoms with Gasteiger partial charge in [-0.25, -0.2) is 8.42 Å². The van der Waals surface area contributed by atoms with Crippen molar-refractivity contribution in [3.05, 3.63) is 126 Å². The number of halogens is 3. The zero-order chi connectivity index (χ0) is 34.9. The SMILES string of the molecule is COc1cccc(CN(C(=O)CN(c2cccc(C(F)(F)F)c2)S(=O)(=O)c2ccccc2)[C@@H](Cc2ccccc2)C(=O)NCC(C)C)c1. The molecule has 1 N–H and O–H groups in total. The van der Waals surface area contributed by atoms with E-state index in [0.717, 1.165) is 17.7 Å². The predicted octanol–water partition coefficient (Wildman–Crippen LogP) is 6.32. The Morgan fingerprint density at radius 3 is 2.08 bits per heavy atom. The lowest BCUT2D eigenvalue weighted by Gasteiger charge is -2.34. The van der Waals surface area contributed by atoms with Crippen molar-refractivity contribution in [3.8, 4) is 5.75 Å². The van der Waals surface area contributed by atoms with Gasteiger partial charge in [-0.3, -0.25) is 13.9 Å². The summed E-state index contributed by atoms with van der Waals surface area (Å²) in [5.74, 6) is -0.655. The van der Waals surface area contributed by atoms with Crippen molar-refractivity contribution in [2.24, 2.45) is 5.92 Å². The normalized spacial score (nSPS) is 12.3. The number of rotatable bonds is 14. The molecule has 0 aliphatic rings. The van der Waals surface area contributed by atoms with Crippen LogP contribution < -0.4 is 14.4 Å². The van der Waals surface area contributed by atoms with Crippen molar-refractivity contribution >= 4 is 27.5 Å². The van der Waals surface area contributed by atoms with E-state index in [4.69, 9.17) is 4.74 Å². The third-order valence-electron chi connectivity index (χ3n) is 7.51. The maximum atomic E-state index is 14.5. The fourth-order valence-electron chi connectivity index (χ4n) is 5.03.